The van der Waals surface area contributed by atoms with Crippen molar-refractivity contribution in [1.29, 1.82) is 0 Å². The third-order valence-electron chi connectivity index (χ3n) is 3.82. The highest BCUT2D eigenvalue weighted by molar-refractivity contribution is 7.16. The standard InChI is InChI=1S/C19H17F2N3O4S/c1-11-16(12-2-4-14(5-3-12)28-18(20)21)24-19(29-11)23-15(25)6-8-22-17(26)13-7-9-27-10-13/h2-5,7,9-10,18H,6,8H2,1H3,(H,22,26)(H,23,24,25). The number of nitrogens with one attached hydrogen (secondary N) is 2. The topological polar surface area (TPSA) is 93.5 Å². The molecule has 0 fully saturated rings. The number of aryl methyl sites for hydroxylation is 1. The molecule has 2 amide bonds. The van der Waals surface area contributed by atoms with E-state index in [-0.39, 0.29) is 30.5 Å². The highest BCUT2D eigenvalue weighted by Crippen LogP contribution is 2.31. The molecule has 29 heavy (non-hydrogen) atoms. The van der Waals surface area contributed by atoms with Gasteiger partial charge in [-0.2, -0.15) is 8.78 Å². The van der Waals surface area contributed by atoms with Gasteiger partial charge in [0.2, 0.25) is 5.91 Å². The molecule has 2 N–H and O–H groups in total. The van der Waals surface area contributed by atoms with Crippen LogP contribution in [0.4, 0.5) is 13.9 Å². The average molecular weight is 421 g/mol. The summed E-state index contributed by atoms with van der Waals surface area (Å²) in [5, 5.41) is 5.73. The van der Waals surface area contributed by atoms with E-state index in [1.165, 1.54) is 42.1 Å². The highest BCUT2D eigenvalue weighted by atomic mass is 32.1. The summed E-state index contributed by atoms with van der Waals surface area (Å²) >= 11 is 1.30. The number of alkyl halides is 2. The van der Waals surface area contributed by atoms with Crippen molar-refractivity contribution in [3.63, 3.8) is 0 Å². The fourth-order valence-corrected chi connectivity index (χ4v) is 3.33. The first-order valence-electron chi connectivity index (χ1n) is 8.55. The van der Waals surface area contributed by atoms with E-state index in [0.717, 1.165) is 4.88 Å². The molecule has 7 nitrogen and oxygen atoms in total. The fraction of sp³-hybridized carbons (Fsp3) is 0.211. The molecular weight excluding hydrogens is 404 g/mol. The Morgan fingerprint density at radius 2 is 2.00 bits per heavy atom. The molecule has 0 radical (unpaired) electrons. The van der Waals surface area contributed by atoms with Gasteiger partial charge in [-0.15, -0.1) is 11.3 Å². The maximum absolute atomic E-state index is 12.2. The number of anilines is 1. The van der Waals surface area contributed by atoms with E-state index < -0.39 is 6.61 Å². The van der Waals surface area contributed by atoms with Crippen LogP contribution in [0.2, 0.25) is 0 Å². The van der Waals surface area contributed by atoms with Crippen LogP contribution in [-0.4, -0.2) is 30.0 Å². The van der Waals surface area contributed by atoms with Crippen LogP contribution in [0, 0.1) is 6.92 Å². The van der Waals surface area contributed by atoms with Gasteiger partial charge < -0.3 is 19.8 Å². The number of rotatable bonds is 8. The number of hydrogen-bond donors (Lipinski definition) is 2. The normalized spacial score (nSPS) is 10.8. The first kappa shape index (κ1) is 20.5. The molecule has 1 aromatic carbocycles. The zero-order chi connectivity index (χ0) is 20.8. The summed E-state index contributed by atoms with van der Waals surface area (Å²) in [5.41, 5.74) is 1.74. The van der Waals surface area contributed by atoms with E-state index in [1.54, 1.807) is 12.1 Å². The Hall–Kier alpha value is -3.27. The van der Waals surface area contributed by atoms with Crippen molar-refractivity contribution in [3.8, 4) is 17.0 Å². The summed E-state index contributed by atoms with van der Waals surface area (Å²) in [4.78, 5) is 29.1. The second-order valence-electron chi connectivity index (χ2n) is 5.89. The highest BCUT2D eigenvalue weighted by Gasteiger charge is 2.13. The first-order valence-corrected chi connectivity index (χ1v) is 9.37. The predicted molar refractivity (Wildman–Crippen MR) is 103 cm³/mol. The van der Waals surface area contributed by atoms with E-state index >= 15 is 0 Å². The first-order chi connectivity index (χ1) is 13.9. The van der Waals surface area contributed by atoms with Gasteiger partial charge in [0.15, 0.2) is 5.13 Å². The van der Waals surface area contributed by atoms with Crippen molar-refractivity contribution < 1.29 is 27.5 Å². The second-order valence-corrected chi connectivity index (χ2v) is 7.10. The molecule has 3 rings (SSSR count). The zero-order valence-corrected chi connectivity index (χ0v) is 16.1. The van der Waals surface area contributed by atoms with Crippen LogP contribution < -0.4 is 15.4 Å². The summed E-state index contributed by atoms with van der Waals surface area (Å²) in [7, 11) is 0. The van der Waals surface area contributed by atoms with Gasteiger partial charge in [-0.25, -0.2) is 4.98 Å². The number of aromatic nitrogens is 1. The molecule has 10 heteroatoms. The minimum atomic E-state index is -2.88. The maximum Gasteiger partial charge on any atom is 0.387 e. The summed E-state index contributed by atoms with van der Waals surface area (Å²) in [6.45, 7) is -0.871. The molecule has 0 bridgehead atoms. The molecule has 2 heterocycles. The van der Waals surface area contributed by atoms with Crippen molar-refractivity contribution in [1.82, 2.24) is 10.3 Å². The zero-order valence-electron chi connectivity index (χ0n) is 15.3. The lowest BCUT2D eigenvalue weighted by Crippen LogP contribution is -2.27. The van der Waals surface area contributed by atoms with Crippen LogP contribution in [-0.2, 0) is 4.79 Å². The van der Waals surface area contributed by atoms with Crippen molar-refractivity contribution in [3.05, 3.63) is 53.3 Å². The molecule has 0 aliphatic heterocycles. The number of halogens is 2. The molecular formula is C19H17F2N3O4S. The van der Waals surface area contributed by atoms with Gasteiger partial charge in [0.05, 0.1) is 17.5 Å². The van der Waals surface area contributed by atoms with Gasteiger partial charge in [-0.1, -0.05) is 0 Å². The van der Waals surface area contributed by atoms with E-state index in [0.29, 0.717) is 22.0 Å². The number of amides is 2. The SMILES string of the molecule is Cc1sc(NC(=O)CCNC(=O)c2ccoc2)nc1-c1ccc(OC(F)F)cc1. The Morgan fingerprint density at radius 1 is 1.24 bits per heavy atom. The number of nitrogens with zero attached hydrogens (tertiary/aromatic N) is 1. The number of hydrogen-bond acceptors (Lipinski definition) is 6. The van der Waals surface area contributed by atoms with Crippen LogP contribution in [0.15, 0.2) is 47.3 Å². The number of furan rings is 1. The number of carbonyl (C=O) groups is 2. The molecule has 0 unspecified atom stereocenters. The lowest BCUT2D eigenvalue weighted by molar-refractivity contribution is -0.116. The van der Waals surface area contributed by atoms with Gasteiger partial charge in [0.1, 0.15) is 12.0 Å². The van der Waals surface area contributed by atoms with E-state index in [1.807, 2.05) is 6.92 Å². The monoisotopic (exact) mass is 421 g/mol. The number of carbonyl (C=O) groups excluding carboxylic acids is 2. The molecule has 0 saturated carbocycles. The fourth-order valence-electron chi connectivity index (χ4n) is 2.48. The molecule has 0 saturated heterocycles. The van der Waals surface area contributed by atoms with Crippen molar-refractivity contribution in [2.45, 2.75) is 20.0 Å². The molecule has 3 aromatic rings. The van der Waals surface area contributed by atoms with Gasteiger partial charge in [-0.3, -0.25) is 9.59 Å². The lowest BCUT2D eigenvalue weighted by atomic mass is 10.1. The Kier molecular flexibility index (Phi) is 6.55. The van der Waals surface area contributed by atoms with E-state index in [9.17, 15) is 18.4 Å². The van der Waals surface area contributed by atoms with Crippen LogP contribution in [0.5, 0.6) is 5.75 Å². The van der Waals surface area contributed by atoms with Crippen molar-refractivity contribution >= 4 is 28.3 Å². The second kappa shape index (κ2) is 9.28. The van der Waals surface area contributed by atoms with Gasteiger partial charge in [0, 0.05) is 23.4 Å². The van der Waals surface area contributed by atoms with Gasteiger partial charge in [0.25, 0.3) is 5.91 Å². The number of benzene rings is 1. The Balaban J connectivity index is 1.54. The largest absolute Gasteiger partial charge is 0.472 e. The average Bonchev–Trinajstić information content (AvgIpc) is 3.32. The van der Waals surface area contributed by atoms with Crippen LogP contribution >= 0.6 is 11.3 Å². The predicted octanol–water partition coefficient (Wildman–Crippen LogP) is 4.07. The minimum absolute atomic E-state index is 0.0580. The lowest BCUT2D eigenvalue weighted by Gasteiger charge is -2.05. The van der Waals surface area contributed by atoms with E-state index in [4.69, 9.17) is 4.42 Å². The van der Waals surface area contributed by atoms with Crippen LogP contribution in [0.1, 0.15) is 21.7 Å². The third-order valence-corrected chi connectivity index (χ3v) is 4.70. The van der Waals surface area contributed by atoms with E-state index in [2.05, 4.69) is 20.4 Å². The summed E-state index contributed by atoms with van der Waals surface area (Å²) in [5.74, 6) is -0.556. The molecule has 0 spiro atoms. The Morgan fingerprint density at radius 3 is 2.66 bits per heavy atom. The van der Waals surface area contributed by atoms with Crippen LogP contribution in [0.25, 0.3) is 11.3 Å². The number of ether oxygens (including phenoxy) is 1. The molecule has 2 aromatic heterocycles. The van der Waals surface area contributed by atoms with Crippen LogP contribution in [0.3, 0.4) is 0 Å². The Bertz CT molecular complexity index is 972. The van der Waals surface area contributed by atoms with Crippen molar-refractivity contribution in [2.24, 2.45) is 0 Å². The summed E-state index contributed by atoms with van der Waals surface area (Å²) in [6, 6.07) is 7.64. The summed E-state index contributed by atoms with van der Waals surface area (Å²) < 4.78 is 33.6. The summed E-state index contributed by atoms with van der Waals surface area (Å²) in [6.07, 6.45) is 2.79. The molecule has 0 atom stereocenters. The van der Waals surface area contributed by atoms with Gasteiger partial charge >= 0.3 is 6.61 Å². The molecule has 0 aliphatic rings. The third kappa shape index (κ3) is 5.61. The molecule has 0 aliphatic carbocycles. The smallest absolute Gasteiger partial charge is 0.387 e. The van der Waals surface area contributed by atoms with Gasteiger partial charge in [-0.05, 0) is 37.3 Å². The van der Waals surface area contributed by atoms with Crippen molar-refractivity contribution in [2.75, 3.05) is 11.9 Å². The maximum atomic E-state index is 12.2. The number of thiazole rings is 1. The molecule has 152 valence electrons. The minimum Gasteiger partial charge on any atom is -0.472 e. The Labute approximate surface area is 168 Å². The quantitative estimate of drug-likeness (QED) is 0.572.